The third-order valence-corrected chi connectivity index (χ3v) is 1.88. The maximum absolute atomic E-state index is 11.7. The molecule has 0 aliphatic heterocycles. The number of hydrogen-bond acceptors (Lipinski definition) is 2. The summed E-state index contributed by atoms with van der Waals surface area (Å²) in [6.45, 7) is 9.39. The van der Waals surface area contributed by atoms with Gasteiger partial charge in [0.05, 0.1) is 0 Å². The molecule has 0 rings (SSSR count). The summed E-state index contributed by atoms with van der Waals surface area (Å²) in [7, 11) is 1.48. The van der Waals surface area contributed by atoms with Crippen LogP contribution >= 0.6 is 0 Å². The number of rotatable bonds is 4. The van der Waals surface area contributed by atoms with Gasteiger partial charge in [0.15, 0.2) is 0 Å². The van der Waals surface area contributed by atoms with Gasteiger partial charge in [-0.05, 0) is 11.8 Å². The van der Waals surface area contributed by atoms with Gasteiger partial charge in [0.1, 0.15) is 0 Å². The molecule has 1 N–H and O–H groups in total. The predicted molar refractivity (Wildman–Crippen MR) is 60.3 cm³/mol. The van der Waals surface area contributed by atoms with Crippen molar-refractivity contribution in [3.05, 3.63) is 0 Å². The van der Waals surface area contributed by atoms with Gasteiger partial charge in [-0.1, -0.05) is 27.7 Å². The van der Waals surface area contributed by atoms with Crippen molar-refractivity contribution in [3.63, 3.8) is 0 Å². The summed E-state index contributed by atoms with van der Waals surface area (Å²) in [4.78, 5) is 24.5. The van der Waals surface area contributed by atoms with Crippen molar-refractivity contribution in [1.29, 1.82) is 0 Å². The number of hydrogen-bond donors (Lipinski definition) is 1. The summed E-state index contributed by atoms with van der Waals surface area (Å²) < 4.78 is 0. The topological polar surface area (TPSA) is 49.4 Å². The zero-order valence-electron chi connectivity index (χ0n) is 10.3. The normalized spacial score (nSPS) is 10.6. The molecule has 0 unspecified atom stereocenters. The Labute approximate surface area is 92.0 Å². The minimum Gasteiger partial charge on any atom is -0.351 e. The first-order valence-corrected chi connectivity index (χ1v) is 5.39. The highest BCUT2D eigenvalue weighted by Crippen LogP contribution is 2.04. The molecular formula is C11H22N2O2. The number of likely N-dealkylation sites (N-methyl/N-ethyl adjacent to an activating group) is 1. The summed E-state index contributed by atoms with van der Waals surface area (Å²) >= 11 is 0. The van der Waals surface area contributed by atoms with E-state index in [-0.39, 0.29) is 0 Å². The Balaban J connectivity index is 4.47. The van der Waals surface area contributed by atoms with Crippen molar-refractivity contribution in [2.75, 3.05) is 20.1 Å². The number of carbonyl (C=O) groups is 2. The molecule has 0 spiro atoms. The summed E-state index contributed by atoms with van der Waals surface area (Å²) in [5.74, 6) is -0.217. The van der Waals surface area contributed by atoms with Gasteiger partial charge in [-0.25, -0.2) is 0 Å². The van der Waals surface area contributed by atoms with Crippen LogP contribution in [0.4, 0.5) is 0 Å². The quantitative estimate of drug-likeness (QED) is 0.706. The Morgan fingerprint density at radius 1 is 1.07 bits per heavy atom. The highest BCUT2D eigenvalue weighted by atomic mass is 16.2. The molecule has 0 aromatic heterocycles. The smallest absolute Gasteiger partial charge is 0.311 e. The maximum atomic E-state index is 11.7. The Bertz CT molecular complexity index is 215. The largest absolute Gasteiger partial charge is 0.351 e. The molecule has 0 aliphatic rings. The number of nitrogens with one attached hydrogen (secondary N) is 1. The van der Waals surface area contributed by atoms with E-state index in [0.717, 1.165) is 0 Å². The van der Waals surface area contributed by atoms with Crippen molar-refractivity contribution in [3.8, 4) is 0 Å². The zero-order chi connectivity index (χ0) is 12.0. The first-order chi connectivity index (χ1) is 6.88. The average molecular weight is 214 g/mol. The second-order valence-electron chi connectivity index (χ2n) is 4.58. The van der Waals surface area contributed by atoms with E-state index in [1.165, 1.54) is 7.05 Å². The molecule has 4 nitrogen and oxygen atoms in total. The molecule has 0 aliphatic carbocycles. The van der Waals surface area contributed by atoms with Crippen LogP contribution in [0.15, 0.2) is 0 Å². The number of carbonyl (C=O) groups excluding carboxylic acids is 2. The summed E-state index contributed by atoms with van der Waals surface area (Å²) in [5.41, 5.74) is 0. The van der Waals surface area contributed by atoms with Crippen molar-refractivity contribution >= 4 is 11.8 Å². The average Bonchev–Trinajstić information content (AvgIpc) is 2.13. The van der Waals surface area contributed by atoms with Gasteiger partial charge in [-0.2, -0.15) is 0 Å². The molecule has 0 atom stereocenters. The Hall–Kier alpha value is -1.06. The van der Waals surface area contributed by atoms with Gasteiger partial charge in [-0.3, -0.25) is 9.59 Å². The molecule has 4 heteroatoms. The van der Waals surface area contributed by atoms with Crippen LogP contribution < -0.4 is 5.32 Å². The van der Waals surface area contributed by atoms with Gasteiger partial charge in [-0.15, -0.1) is 0 Å². The second kappa shape index (κ2) is 6.43. The van der Waals surface area contributed by atoms with Crippen LogP contribution in [0.3, 0.4) is 0 Å². The van der Waals surface area contributed by atoms with E-state index in [2.05, 4.69) is 5.32 Å². The molecule has 0 bridgehead atoms. The Kier molecular flexibility index (Phi) is 5.97. The molecule has 0 radical (unpaired) electrons. The molecule has 88 valence electrons. The van der Waals surface area contributed by atoms with E-state index in [0.29, 0.717) is 24.9 Å². The van der Waals surface area contributed by atoms with Crippen LogP contribution in [0.2, 0.25) is 0 Å². The van der Waals surface area contributed by atoms with Gasteiger partial charge in [0.25, 0.3) is 0 Å². The molecule has 0 saturated heterocycles. The van der Waals surface area contributed by atoms with Crippen molar-refractivity contribution in [2.24, 2.45) is 11.8 Å². The fourth-order valence-electron chi connectivity index (χ4n) is 1.37. The molecular weight excluding hydrogens is 192 g/mol. The SMILES string of the molecule is CNC(=O)C(=O)N(CC(C)C)CC(C)C. The highest BCUT2D eigenvalue weighted by molar-refractivity contribution is 6.34. The second-order valence-corrected chi connectivity index (χ2v) is 4.58. The molecule has 15 heavy (non-hydrogen) atoms. The third-order valence-electron chi connectivity index (χ3n) is 1.88. The van der Waals surface area contributed by atoms with Gasteiger partial charge < -0.3 is 10.2 Å². The number of amides is 2. The minimum absolute atomic E-state index is 0.373. The van der Waals surface area contributed by atoms with Crippen LogP contribution in [0.5, 0.6) is 0 Å². The molecule has 0 saturated carbocycles. The van der Waals surface area contributed by atoms with Crippen molar-refractivity contribution in [1.82, 2.24) is 10.2 Å². The van der Waals surface area contributed by atoms with Gasteiger partial charge in [0.2, 0.25) is 0 Å². The minimum atomic E-state index is -0.531. The lowest BCUT2D eigenvalue weighted by atomic mass is 10.1. The Morgan fingerprint density at radius 2 is 1.47 bits per heavy atom. The van der Waals surface area contributed by atoms with Crippen molar-refractivity contribution < 1.29 is 9.59 Å². The van der Waals surface area contributed by atoms with Crippen LogP contribution in [0.25, 0.3) is 0 Å². The van der Waals surface area contributed by atoms with E-state index in [9.17, 15) is 9.59 Å². The standard InChI is InChI=1S/C11H22N2O2/c1-8(2)6-13(7-9(3)4)11(15)10(14)12-5/h8-9H,6-7H2,1-5H3,(H,12,14). The highest BCUT2D eigenvalue weighted by Gasteiger charge is 2.21. The van der Waals surface area contributed by atoms with E-state index in [1.807, 2.05) is 27.7 Å². The van der Waals surface area contributed by atoms with Gasteiger partial charge >= 0.3 is 11.8 Å². The van der Waals surface area contributed by atoms with Crippen LogP contribution in [0, 0.1) is 11.8 Å². The predicted octanol–water partition coefficient (Wildman–Crippen LogP) is 0.873. The maximum Gasteiger partial charge on any atom is 0.311 e. The molecule has 0 aromatic carbocycles. The third kappa shape index (κ3) is 5.40. The zero-order valence-corrected chi connectivity index (χ0v) is 10.3. The molecule has 0 aromatic rings. The molecule has 0 fully saturated rings. The number of nitrogens with zero attached hydrogens (tertiary/aromatic N) is 1. The lowest BCUT2D eigenvalue weighted by molar-refractivity contribution is -0.146. The summed E-state index contributed by atoms with van der Waals surface area (Å²) in [6.07, 6.45) is 0. The van der Waals surface area contributed by atoms with E-state index >= 15 is 0 Å². The molecule has 0 heterocycles. The summed E-state index contributed by atoms with van der Waals surface area (Å²) in [6, 6.07) is 0. The first kappa shape index (κ1) is 13.9. The van der Waals surface area contributed by atoms with Crippen LogP contribution in [-0.2, 0) is 9.59 Å². The van der Waals surface area contributed by atoms with Crippen LogP contribution in [0.1, 0.15) is 27.7 Å². The van der Waals surface area contributed by atoms with E-state index in [1.54, 1.807) is 4.90 Å². The lowest BCUT2D eigenvalue weighted by Gasteiger charge is -2.25. The molecule has 2 amide bonds. The lowest BCUT2D eigenvalue weighted by Crippen LogP contribution is -2.44. The van der Waals surface area contributed by atoms with E-state index < -0.39 is 11.8 Å². The van der Waals surface area contributed by atoms with E-state index in [4.69, 9.17) is 0 Å². The fourth-order valence-corrected chi connectivity index (χ4v) is 1.37. The van der Waals surface area contributed by atoms with Crippen molar-refractivity contribution in [2.45, 2.75) is 27.7 Å². The van der Waals surface area contributed by atoms with Gasteiger partial charge in [0, 0.05) is 20.1 Å². The fraction of sp³-hybridized carbons (Fsp3) is 0.818. The first-order valence-electron chi connectivity index (χ1n) is 5.39. The Morgan fingerprint density at radius 3 is 1.73 bits per heavy atom. The summed E-state index contributed by atoms with van der Waals surface area (Å²) in [5, 5.41) is 2.36. The van der Waals surface area contributed by atoms with Crippen LogP contribution in [-0.4, -0.2) is 36.9 Å². The monoisotopic (exact) mass is 214 g/mol.